The molecule has 64 valence electrons. The van der Waals surface area contributed by atoms with Crippen LogP contribution in [0.3, 0.4) is 0 Å². The van der Waals surface area contributed by atoms with E-state index < -0.39 is 15.5 Å². The van der Waals surface area contributed by atoms with Crippen molar-refractivity contribution in [3.63, 3.8) is 0 Å². The number of hydrogen-bond acceptors (Lipinski definition) is 5. The molecule has 0 unspecified atom stereocenters. The van der Waals surface area contributed by atoms with Crippen LogP contribution >= 0.6 is 0 Å². The third kappa shape index (κ3) is 272. The topological polar surface area (TPSA) is 177 Å². The maximum atomic E-state index is 8.74. The lowest BCUT2D eigenvalue weighted by Crippen LogP contribution is -1.89. The Morgan fingerprint density at radius 2 is 1.20 bits per heavy atom. The molecule has 9 nitrogen and oxygen atoms in total. The van der Waals surface area contributed by atoms with Gasteiger partial charge < -0.3 is 21.5 Å². The predicted octanol–water partition coefficient (Wildman–Crippen LogP) is -0.516. The van der Waals surface area contributed by atoms with Crippen LogP contribution < -0.4 is 6.15 Å². The van der Waals surface area contributed by atoms with Crippen molar-refractivity contribution >= 4 is 10.4 Å². The van der Waals surface area contributed by atoms with Crippen molar-refractivity contribution in [1.29, 1.82) is 0 Å². The van der Waals surface area contributed by atoms with Gasteiger partial charge in [0.2, 0.25) is 0 Å². The van der Waals surface area contributed by atoms with E-state index in [0.717, 1.165) is 0 Å². The molecule has 0 radical (unpaired) electrons. The van der Waals surface area contributed by atoms with Gasteiger partial charge in [0, 0.05) is 0 Å². The third-order valence-electron chi connectivity index (χ3n) is 0. The molecule has 6 N–H and O–H groups in total. The molecule has 0 spiro atoms. The van der Waals surface area contributed by atoms with Gasteiger partial charge in [-0.25, -0.2) is 0 Å². The molecule has 0 aromatic heterocycles. The summed E-state index contributed by atoms with van der Waals surface area (Å²) in [6.45, 7) is 0. The molecule has 10 heavy (non-hydrogen) atoms. The zero-order valence-electron chi connectivity index (χ0n) is 4.79. The Bertz CT molecular complexity index is 154. The van der Waals surface area contributed by atoms with Gasteiger partial charge in [0.25, 0.3) is 0 Å². The van der Waals surface area contributed by atoms with Crippen LogP contribution in [0, 0.1) is 15.3 Å². The Labute approximate surface area is 55.5 Å². The van der Waals surface area contributed by atoms with Gasteiger partial charge in [0.15, 0.2) is 0 Å². The van der Waals surface area contributed by atoms with Gasteiger partial charge in [-0.1, -0.05) is 0 Å². The van der Waals surface area contributed by atoms with Crippen molar-refractivity contribution in [3.05, 3.63) is 15.3 Å². The molecule has 0 saturated carbocycles. The Morgan fingerprint density at radius 1 is 1.20 bits per heavy atom. The fraction of sp³-hybridized carbons (Fsp3) is 0. The van der Waals surface area contributed by atoms with Gasteiger partial charge in [-0.15, -0.1) is 0 Å². The van der Waals surface area contributed by atoms with Gasteiger partial charge in [-0.05, 0) is 0 Å². The largest absolute Gasteiger partial charge is 0.394 e. The molecular formula is H6N2O7S. The van der Waals surface area contributed by atoms with Gasteiger partial charge >= 0.3 is 10.4 Å². The normalized spacial score (nSPS) is 8.20. The predicted molar refractivity (Wildman–Crippen MR) is 30.5 cm³/mol. The molecular weight excluding hydrogens is 172 g/mol. The second kappa shape index (κ2) is 6.15. The Kier molecular flexibility index (Phi) is 9.86. The van der Waals surface area contributed by atoms with E-state index in [9.17, 15) is 0 Å². The maximum Gasteiger partial charge on any atom is 0.394 e. The van der Waals surface area contributed by atoms with E-state index in [1.165, 1.54) is 0 Å². The first-order valence-corrected chi connectivity index (χ1v) is 2.64. The highest BCUT2D eigenvalue weighted by molar-refractivity contribution is 7.79. The standard InChI is InChI=1S/NO3.H3N.H2O4S/c2-1(3)4;;1-5(2,3)4/h;1H3;(H2,1,2,3,4)/q-1;;/p+1. The Balaban J connectivity index is -0.0000000910. The van der Waals surface area contributed by atoms with Crippen molar-refractivity contribution in [2.75, 3.05) is 0 Å². The van der Waals surface area contributed by atoms with Crippen LogP contribution in [0.4, 0.5) is 0 Å². The van der Waals surface area contributed by atoms with E-state index in [1.807, 2.05) is 0 Å². The van der Waals surface area contributed by atoms with Gasteiger partial charge in [-0.2, -0.15) is 8.42 Å². The fourth-order valence-electron chi connectivity index (χ4n) is 0. The minimum Gasteiger partial charge on any atom is -0.369 e. The van der Waals surface area contributed by atoms with Gasteiger partial charge in [0.1, 0.15) is 0 Å². The lowest BCUT2D eigenvalue weighted by atomic mass is 13.1. The SMILES string of the molecule is O=S(=O)(O)O.O=[N+]([O-])[O-].[NH4+]. The van der Waals surface area contributed by atoms with Crippen molar-refractivity contribution in [2.45, 2.75) is 0 Å². The third-order valence-corrected chi connectivity index (χ3v) is 0. The van der Waals surface area contributed by atoms with Crippen LogP contribution in [0.15, 0.2) is 0 Å². The monoisotopic (exact) mass is 178 g/mol. The van der Waals surface area contributed by atoms with E-state index in [2.05, 4.69) is 0 Å². The van der Waals surface area contributed by atoms with E-state index in [0.29, 0.717) is 0 Å². The summed E-state index contributed by atoms with van der Waals surface area (Å²) in [5.41, 5.74) is 0. The summed E-state index contributed by atoms with van der Waals surface area (Å²) in [5, 5.41) is 14.8. The molecule has 0 aromatic carbocycles. The Hall–Kier alpha value is -0.970. The van der Waals surface area contributed by atoms with E-state index in [4.69, 9.17) is 32.8 Å². The minimum atomic E-state index is -4.67. The summed E-state index contributed by atoms with van der Waals surface area (Å²) in [6.07, 6.45) is 0. The molecule has 0 saturated heterocycles. The molecule has 0 aromatic rings. The van der Waals surface area contributed by atoms with Crippen LogP contribution in [-0.4, -0.2) is 22.6 Å². The highest BCUT2D eigenvalue weighted by Crippen LogP contribution is 1.59. The highest BCUT2D eigenvalue weighted by Gasteiger charge is 1.84. The van der Waals surface area contributed by atoms with Crippen LogP contribution in [0.25, 0.3) is 0 Å². The zero-order chi connectivity index (χ0) is 8.08. The maximum absolute atomic E-state index is 8.74. The molecule has 0 aliphatic rings. The second-order valence-electron chi connectivity index (χ2n) is 0.671. The molecule has 0 rings (SSSR count). The number of rotatable bonds is 0. The first kappa shape index (κ1) is 16.0. The van der Waals surface area contributed by atoms with Gasteiger partial charge in [-0.3, -0.25) is 9.11 Å². The summed E-state index contributed by atoms with van der Waals surface area (Å²) in [7, 11) is -4.67. The van der Waals surface area contributed by atoms with E-state index in [-0.39, 0.29) is 6.15 Å². The quantitative estimate of drug-likeness (QED) is 0.253. The lowest BCUT2D eigenvalue weighted by Gasteiger charge is -1.74. The first-order chi connectivity index (χ1) is 3.73. The number of nitrogens with zero attached hydrogens (tertiary/aromatic N) is 1. The fourth-order valence-corrected chi connectivity index (χ4v) is 0. The summed E-state index contributed by atoms with van der Waals surface area (Å²) < 4.78 is 31.6. The van der Waals surface area contributed by atoms with Crippen molar-refractivity contribution in [2.24, 2.45) is 0 Å². The molecule has 0 fully saturated rings. The second-order valence-corrected chi connectivity index (χ2v) is 1.57. The average Bonchev–Trinajstić information content (AvgIpc) is 1.19. The molecule has 0 aliphatic heterocycles. The Morgan fingerprint density at radius 3 is 1.20 bits per heavy atom. The number of quaternary nitrogens is 1. The van der Waals surface area contributed by atoms with Gasteiger partial charge in [0.05, 0.1) is 5.09 Å². The smallest absolute Gasteiger partial charge is 0.369 e. The van der Waals surface area contributed by atoms with Crippen molar-refractivity contribution in [1.82, 2.24) is 6.15 Å². The summed E-state index contributed by atoms with van der Waals surface area (Å²) in [4.78, 5) is 8.25. The van der Waals surface area contributed by atoms with E-state index in [1.54, 1.807) is 0 Å². The zero-order valence-corrected chi connectivity index (χ0v) is 5.61. The molecule has 0 bridgehead atoms. The average molecular weight is 178 g/mol. The molecule has 0 heterocycles. The minimum absolute atomic E-state index is 0. The first-order valence-electron chi connectivity index (χ1n) is 1.25. The number of hydrogen-bond donors (Lipinski definition) is 3. The summed E-state index contributed by atoms with van der Waals surface area (Å²) in [6, 6.07) is 0. The summed E-state index contributed by atoms with van der Waals surface area (Å²) in [5.74, 6) is 0. The van der Waals surface area contributed by atoms with E-state index >= 15 is 0 Å². The van der Waals surface area contributed by atoms with Crippen molar-refractivity contribution < 1.29 is 22.6 Å². The molecule has 0 atom stereocenters. The molecule has 10 heteroatoms. The van der Waals surface area contributed by atoms with Crippen molar-refractivity contribution in [3.8, 4) is 0 Å². The van der Waals surface area contributed by atoms with Crippen LogP contribution in [0.5, 0.6) is 0 Å². The van der Waals surface area contributed by atoms with Crippen LogP contribution in [0.1, 0.15) is 0 Å². The lowest BCUT2D eigenvalue weighted by molar-refractivity contribution is -0.402. The van der Waals surface area contributed by atoms with Crippen LogP contribution in [-0.2, 0) is 10.4 Å². The molecule has 0 aliphatic carbocycles. The highest BCUT2D eigenvalue weighted by atomic mass is 32.3. The molecule has 0 amide bonds. The summed E-state index contributed by atoms with van der Waals surface area (Å²) >= 11 is 0. The van der Waals surface area contributed by atoms with Crippen LogP contribution in [0.2, 0.25) is 0 Å².